The molecule has 2 heteroatoms. The molecule has 1 nitrogen and oxygen atoms in total. The molecule has 0 heterocycles. The minimum absolute atomic E-state index is 0.142. The Labute approximate surface area is 115 Å². The fraction of sp³-hybridized carbons (Fsp3) is 1.00. The maximum absolute atomic E-state index is 6.54. The molecule has 2 rings (SSSR count). The molecule has 0 aliphatic heterocycles. The third-order valence-corrected chi connectivity index (χ3v) is 7.82. The first-order valence-corrected chi connectivity index (χ1v) is 9.66. The van der Waals surface area contributed by atoms with Gasteiger partial charge in [-0.1, -0.05) is 45.4 Å². The lowest BCUT2D eigenvalue weighted by Gasteiger charge is -2.38. The zero-order chi connectivity index (χ0) is 12.8. The number of hydrogen-bond acceptors (Lipinski definition) is 1. The van der Waals surface area contributed by atoms with Crippen LogP contribution in [0.5, 0.6) is 0 Å². The van der Waals surface area contributed by atoms with Crippen molar-refractivity contribution in [2.75, 3.05) is 0 Å². The average molecular weight is 270 g/mol. The van der Waals surface area contributed by atoms with Crippen LogP contribution in [0, 0.1) is 0 Å². The lowest BCUT2D eigenvalue weighted by atomic mass is 10.00. The highest BCUT2D eigenvalue weighted by atomic mass is 31.1. The van der Waals surface area contributed by atoms with Crippen LogP contribution in [0.1, 0.15) is 84.5 Å². The molecule has 0 amide bonds. The maximum atomic E-state index is 6.54. The summed E-state index contributed by atoms with van der Waals surface area (Å²) < 4.78 is 6.54. The molecule has 0 saturated heterocycles. The van der Waals surface area contributed by atoms with Gasteiger partial charge >= 0.3 is 0 Å². The minimum atomic E-state index is -0.142. The van der Waals surface area contributed by atoms with Crippen LogP contribution in [0.3, 0.4) is 0 Å². The summed E-state index contributed by atoms with van der Waals surface area (Å²) in [6, 6.07) is 0. The molecule has 2 aliphatic rings. The smallest absolute Gasteiger partial charge is 0.0587 e. The summed E-state index contributed by atoms with van der Waals surface area (Å²) in [4.78, 5) is 0. The van der Waals surface area contributed by atoms with Gasteiger partial charge in [-0.05, 0) is 39.0 Å². The second kappa shape index (κ2) is 7.85. The summed E-state index contributed by atoms with van der Waals surface area (Å²) in [5, 5.41) is 0. The summed E-state index contributed by atoms with van der Waals surface area (Å²) in [5.74, 6) is 0. The predicted molar refractivity (Wildman–Crippen MR) is 81.5 cm³/mol. The van der Waals surface area contributed by atoms with E-state index in [1.54, 1.807) is 0 Å². The zero-order valence-electron chi connectivity index (χ0n) is 12.4. The molecular weight excluding hydrogens is 239 g/mol. The van der Waals surface area contributed by atoms with Crippen LogP contribution in [0.25, 0.3) is 0 Å². The first-order chi connectivity index (χ1) is 8.81. The topological polar surface area (TPSA) is 9.23 Å². The summed E-state index contributed by atoms with van der Waals surface area (Å²) >= 11 is 0. The molecule has 2 fully saturated rings. The monoisotopic (exact) mass is 270 g/mol. The Morgan fingerprint density at radius 2 is 1.33 bits per heavy atom. The first-order valence-electron chi connectivity index (χ1n) is 8.26. The fourth-order valence-corrected chi connectivity index (χ4v) is 6.68. The third-order valence-electron chi connectivity index (χ3n) is 4.75. The molecule has 0 aromatic carbocycles. The molecule has 18 heavy (non-hydrogen) atoms. The molecule has 106 valence electrons. The molecular formula is C16H31OP. The van der Waals surface area contributed by atoms with Crippen molar-refractivity contribution in [3.05, 3.63) is 0 Å². The van der Waals surface area contributed by atoms with E-state index < -0.39 is 0 Å². The highest BCUT2D eigenvalue weighted by Crippen LogP contribution is 2.57. The van der Waals surface area contributed by atoms with Gasteiger partial charge in [-0.15, -0.1) is 0 Å². The molecule has 1 atom stereocenters. The standard InChI is InChI=1S/C16H31OP/c1-3-14(2)17-18(15-10-6-4-7-11-15)16-12-8-5-9-13-16/h14-16H,3-13H2,1-2H3. The largest absolute Gasteiger partial charge is 0.356 e. The van der Waals surface area contributed by atoms with Crippen molar-refractivity contribution >= 4 is 8.15 Å². The first kappa shape index (κ1) is 14.8. The molecule has 0 radical (unpaired) electrons. The van der Waals surface area contributed by atoms with Crippen molar-refractivity contribution in [2.24, 2.45) is 0 Å². The average Bonchev–Trinajstić information content (AvgIpc) is 2.46. The predicted octanol–water partition coefficient (Wildman–Crippen LogP) is 5.86. The van der Waals surface area contributed by atoms with E-state index in [0.717, 1.165) is 11.3 Å². The second-order valence-corrected chi connectivity index (χ2v) is 8.66. The van der Waals surface area contributed by atoms with E-state index in [4.69, 9.17) is 4.52 Å². The molecule has 0 N–H and O–H groups in total. The van der Waals surface area contributed by atoms with Crippen LogP contribution < -0.4 is 0 Å². The van der Waals surface area contributed by atoms with E-state index in [-0.39, 0.29) is 8.15 Å². The Bertz CT molecular complexity index is 201. The van der Waals surface area contributed by atoms with Gasteiger partial charge in [0.2, 0.25) is 0 Å². The van der Waals surface area contributed by atoms with Gasteiger partial charge in [0, 0.05) is 19.5 Å². The van der Waals surface area contributed by atoms with Crippen molar-refractivity contribution in [3.63, 3.8) is 0 Å². The van der Waals surface area contributed by atoms with E-state index in [1.807, 2.05) is 0 Å². The van der Waals surface area contributed by atoms with Gasteiger partial charge in [0.1, 0.15) is 0 Å². The van der Waals surface area contributed by atoms with Crippen molar-refractivity contribution in [1.82, 2.24) is 0 Å². The van der Waals surface area contributed by atoms with Gasteiger partial charge in [-0.25, -0.2) is 0 Å². The molecule has 0 spiro atoms. The van der Waals surface area contributed by atoms with Crippen LogP contribution in [0.4, 0.5) is 0 Å². The normalized spacial score (nSPS) is 25.5. The van der Waals surface area contributed by atoms with E-state index in [2.05, 4.69) is 13.8 Å². The van der Waals surface area contributed by atoms with Crippen LogP contribution in [-0.4, -0.2) is 17.4 Å². The Kier molecular flexibility index (Phi) is 6.45. The molecule has 1 unspecified atom stereocenters. The second-order valence-electron chi connectivity index (χ2n) is 6.27. The minimum Gasteiger partial charge on any atom is -0.356 e. The van der Waals surface area contributed by atoms with E-state index in [9.17, 15) is 0 Å². The van der Waals surface area contributed by atoms with Gasteiger partial charge in [0.05, 0.1) is 6.10 Å². The zero-order valence-corrected chi connectivity index (χ0v) is 13.3. The molecule has 0 aromatic heterocycles. The Morgan fingerprint density at radius 1 is 0.889 bits per heavy atom. The van der Waals surface area contributed by atoms with Gasteiger partial charge < -0.3 is 4.52 Å². The van der Waals surface area contributed by atoms with Crippen molar-refractivity contribution < 1.29 is 4.52 Å². The SMILES string of the molecule is CCC(C)OP(C1CCCCC1)C1CCCCC1. The Balaban J connectivity index is 1.95. The molecule has 2 saturated carbocycles. The van der Waals surface area contributed by atoms with Crippen LogP contribution in [-0.2, 0) is 4.52 Å². The summed E-state index contributed by atoms with van der Waals surface area (Å²) in [6.07, 6.45) is 16.3. The molecule has 0 aromatic rings. The van der Waals surface area contributed by atoms with Crippen molar-refractivity contribution in [1.29, 1.82) is 0 Å². The van der Waals surface area contributed by atoms with E-state index in [1.165, 1.54) is 70.6 Å². The van der Waals surface area contributed by atoms with Gasteiger partial charge in [-0.2, -0.15) is 0 Å². The number of rotatable bonds is 5. The van der Waals surface area contributed by atoms with Crippen molar-refractivity contribution in [2.45, 2.75) is 102 Å². The quantitative estimate of drug-likeness (QED) is 0.568. The highest BCUT2D eigenvalue weighted by molar-refractivity contribution is 7.54. The summed E-state index contributed by atoms with van der Waals surface area (Å²) in [5.41, 5.74) is 1.87. The van der Waals surface area contributed by atoms with Crippen molar-refractivity contribution in [3.8, 4) is 0 Å². The third kappa shape index (κ3) is 4.20. The number of hydrogen-bond donors (Lipinski definition) is 0. The summed E-state index contributed by atoms with van der Waals surface area (Å²) in [6.45, 7) is 4.54. The van der Waals surface area contributed by atoms with Crippen LogP contribution >= 0.6 is 8.15 Å². The lowest BCUT2D eigenvalue weighted by Crippen LogP contribution is -2.23. The fourth-order valence-electron chi connectivity index (χ4n) is 3.42. The Morgan fingerprint density at radius 3 is 1.72 bits per heavy atom. The van der Waals surface area contributed by atoms with Crippen LogP contribution in [0.15, 0.2) is 0 Å². The van der Waals surface area contributed by atoms with Gasteiger partial charge in [0.15, 0.2) is 0 Å². The van der Waals surface area contributed by atoms with E-state index in [0.29, 0.717) is 6.10 Å². The summed E-state index contributed by atoms with van der Waals surface area (Å²) in [7, 11) is -0.142. The highest BCUT2D eigenvalue weighted by Gasteiger charge is 2.33. The van der Waals surface area contributed by atoms with Gasteiger partial charge in [-0.3, -0.25) is 0 Å². The Hall–Kier alpha value is 0.390. The van der Waals surface area contributed by atoms with Crippen LogP contribution in [0.2, 0.25) is 0 Å². The molecule has 0 bridgehead atoms. The van der Waals surface area contributed by atoms with E-state index >= 15 is 0 Å². The lowest BCUT2D eigenvalue weighted by molar-refractivity contribution is 0.229. The molecule has 2 aliphatic carbocycles. The van der Waals surface area contributed by atoms with Gasteiger partial charge in [0.25, 0.3) is 0 Å². The maximum Gasteiger partial charge on any atom is 0.0587 e.